The van der Waals surface area contributed by atoms with Gasteiger partial charge in [-0.2, -0.15) is 0 Å². The Balaban J connectivity index is 1.77. The quantitative estimate of drug-likeness (QED) is 0.300. The van der Waals surface area contributed by atoms with Crippen molar-refractivity contribution in [3.8, 4) is 23.0 Å². The fourth-order valence-electron chi connectivity index (χ4n) is 3.90. The molecule has 1 unspecified atom stereocenters. The Bertz CT molecular complexity index is 1010. The van der Waals surface area contributed by atoms with Crippen LogP contribution in [0.15, 0.2) is 55.1 Å². The van der Waals surface area contributed by atoms with Gasteiger partial charge in [0.1, 0.15) is 6.61 Å². The highest BCUT2D eigenvalue weighted by molar-refractivity contribution is 5.92. The molecule has 1 heterocycles. The fraction of sp³-hybridized carbons (Fsp3) is 0.393. The van der Waals surface area contributed by atoms with Crippen molar-refractivity contribution in [3.63, 3.8) is 0 Å². The van der Waals surface area contributed by atoms with Gasteiger partial charge in [-0.3, -0.25) is 4.79 Å². The molecule has 2 aromatic rings. The molecule has 1 fully saturated rings. The van der Waals surface area contributed by atoms with Crippen LogP contribution in [0.4, 0.5) is 0 Å². The van der Waals surface area contributed by atoms with Gasteiger partial charge in [-0.05, 0) is 61.2 Å². The molecule has 35 heavy (non-hydrogen) atoms. The van der Waals surface area contributed by atoms with Gasteiger partial charge in [0, 0.05) is 25.8 Å². The topological polar surface area (TPSA) is 66.5 Å². The minimum absolute atomic E-state index is 0.0370. The highest BCUT2D eigenvalue weighted by Gasteiger charge is 2.22. The van der Waals surface area contributed by atoms with Crippen LogP contribution in [0, 0.1) is 0 Å². The minimum atomic E-state index is -0.0979. The number of methoxy groups -OCH3 is 2. The number of hydrogen-bond donors (Lipinski definition) is 0. The molecule has 0 saturated carbocycles. The molecule has 1 aliphatic heterocycles. The maximum Gasteiger partial charge on any atom is 0.246 e. The zero-order chi connectivity index (χ0) is 25.0. The van der Waals surface area contributed by atoms with Crippen LogP contribution in [0.25, 0.3) is 6.08 Å². The molecule has 0 N–H and O–H groups in total. The Hall–Kier alpha value is -3.45. The van der Waals surface area contributed by atoms with Gasteiger partial charge in [0.15, 0.2) is 23.0 Å². The van der Waals surface area contributed by atoms with Crippen LogP contribution in [0.5, 0.6) is 23.0 Å². The molecular formula is C28H35NO6. The number of carbonyl (C=O) groups is 1. The molecule has 2 aromatic carbocycles. The SMILES string of the molecule is C=CCOc1ccc(CN(CC2CCCO2)C(=O)/C=C/c2ccc(OCC)c(OC)c2)cc1OC. The second-order valence-electron chi connectivity index (χ2n) is 8.12. The Morgan fingerprint density at radius 3 is 2.51 bits per heavy atom. The lowest BCUT2D eigenvalue weighted by Gasteiger charge is -2.25. The van der Waals surface area contributed by atoms with Crippen molar-refractivity contribution in [2.45, 2.75) is 32.4 Å². The third-order valence-electron chi connectivity index (χ3n) is 5.62. The van der Waals surface area contributed by atoms with Crippen LogP contribution in [0.2, 0.25) is 0 Å². The van der Waals surface area contributed by atoms with E-state index in [-0.39, 0.29) is 12.0 Å². The number of benzene rings is 2. The summed E-state index contributed by atoms with van der Waals surface area (Å²) < 4.78 is 27.9. The third kappa shape index (κ3) is 7.52. The lowest BCUT2D eigenvalue weighted by Crippen LogP contribution is -2.35. The van der Waals surface area contributed by atoms with Crippen LogP contribution >= 0.6 is 0 Å². The van der Waals surface area contributed by atoms with Gasteiger partial charge in [-0.25, -0.2) is 0 Å². The average molecular weight is 482 g/mol. The highest BCUT2D eigenvalue weighted by atomic mass is 16.5. The van der Waals surface area contributed by atoms with Crippen molar-refractivity contribution < 1.29 is 28.5 Å². The van der Waals surface area contributed by atoms with Crippen molar-refractivity contribution in [3.05, 3.63) is 66.3 Å². The molecule has 0 aromatic heterocycles. The Morgan fingerprint density at radius 1 is 1.09 bits per heavy atom. The molecule has 0 aliphatic carbocycles. The summed E-state index contributed by atoms with van der Waals surface area (Å²) in [5.41, 5.74) is 1.79. The van der Waals surface area contributed by atoms with Gasteiger partial charge in [-0.15, -0.1) is 0 Å². The maximum atomic E-state index is 13.3. The van der Waals surface area contributed by atoms with E-state index in [1.54, 1.807) is 37.3 Å². The third-order valence-corrected chi connectivity index (χ3v) is 5.62. The molecule has 0 spiro atoms. The predicted molar refractivity (Wildman–Crippen MR) is 136 cm³/mol. The monoisotopic (exact) mass is 481 g/mol. The van der Waals surface area contributed by atoms with E-state index in [0.29, 0.717) is 49.3 Å². The van der Waals surface area contributed by atoms with E-state index in [1.165, 1.54) is 0 Å². The zero-order valence-corrected chi connectivity index (χ0v) is 20.8. The molecule has 7 heteroatoms. The molecule has 0 radical (unpaired) electrons. The Morgan fingerprint density at radius 2 is 1.83 bits per heavy atom. The van der Waals surface area contributed by atoms with E-state index in [2.05, 4.69) is 6.58 Å². The standard InChI is InChI=1S/C28H35NO6/c1-5-15-35-25-13-10-22(18-27(25)32-4)19-29(20-23-8-7-16-34-23)28(30)14-11-21-9-12-24(33-6-2)26(17-21)31-3/h5,9-14,17-18,23H,1,6-8,15-16,19-20H2,2-4H3/b14-11+. The first-order valence-corrected chi connectivity index (χ1v) is 11.9. The number of rotatable bonds is 13. The summed E-state index contributed by atoms with van der Waals surface area (Å²) >= 11 is 0. The molecule has 7 nitrogen and oxygen atoms in total. The largest absolute Gasteiger partial charge is 0.493 e. The van der Waals surface area contributed by atoms with E-state index < -0.39 is 0 Å². The summed E-state index contributed by atoms with van der Waals surface area (Å²) in [6, 6.07) is 11.3. The summed E-state index contributed by atoms with van der Waals surface area (Å²) in [6.45, 7) is 8.22. The van der Waals surface area contributed by atoms with Crippen LogP contribution in [0.1, 0.15) is 30.9 Å². The van der Waals surface area contributed by atoms with Gasteiger partial charge in [-0.1, -0.05) is 24.8 Å². The van der Waals surface area contributed by atoms with E-state index in [0.717, 1.165) is 30.6 Å². The maximum absolute atomic E-state index is 13.3. The minimum Gasteiger partial charge on any atom is -0.493 e. The number of hydrogen-bond acceptors (Lipinski definition) is 6. The van der Waals surface area contributed by atoms with Gasteiger partial charge in [0.05, 0.1) is 26.9 Å². The predicted octanol–water partition coefficient (Wildman–Crippen LogP) is 4.89. The van der Waals surface area contributed by atoms with Crippen molar-refractivity contribution in [2.75, 3.05) is 40.6 Å². The Labute approximate surface area is 207 Å². The van der Waals surface area contributed by atoms with Crippen LogP contribution < -0.4 is 18.9 Å². The highest BCUT2D eigenvalue weighted by Crippen LogP contribution is 2.30. The van der Waals surface area contributed by atoms with Gasteiger partial charge in [0.2, 0.25) is 5.91 Å². The van der Waals surface area contributed by atoms with Gasteiger partial charge < -0.3 is 28.6 Å². The fourth-order valence-corrected chi connectivity index (χ4v) is 3.90. The Kier molecular flexibility index (Phi) is 10.0. The van der Waals surface area contributed by atoms with Crippen molar-refractivity contribution in [1.82, 2.24) is 4.90 Å². The lowest BCUT2D eigenvalue weighted by molar-refractivity contribution is -0.128. The average Bonchev–Trinajstić information content (AvgIpc) is 3.40. The van der Waals surface area contributed by atoms with E-state index in [1.807, 2.05) is 43.3 Å². The van der Waals surface area contributed by atoms with E-state index in [4.69, 9.17) is 23.7 Å². The molecule has 1 aliphatic rings. The zero-order valence-electron chi connectivity index (χ0n) is 20.8. The molecule has 1 saturated heterocycles. The van der Waals surface area contributed by atoms with Crippen LogP contribution in [-0.2, 0) is 16.1 Å². The van der Waals surface area contributed by atoms with Gasteiger partial charge >= 0.3 is 0 Å². The first-order valence-electron chi connectivity index (χ1n) is 11.9. The van der Waals surface area contributed by atoms with Crippen LogP contribution in [0.3, 0.4) is 0 Å². The summed E-state index contributed by atoms with van der Waals surface area (Å²) in [5.74, 6) is 2.46. The van der Waals surface area contributed by atoms with E-state index in [9.17, 15) is 4.79 Å². The molecule has 0 bridgehead atoms. The number of amides is 1. The first-order chi connectivity index (χ1) is 17.1. The number of carbonyl (C=O) groups excluding carboxylic acids is 1. The van der Waals surface area contributed by atoms with Crippen LogP contribution in [-0.4, -0.2) is 57.5 Å². The second kappa shape index (κ2) is 13.4. The second-order valence-corrected chi connectivity index (χ2v) is 8.12. The normalized spacial score (nSPS) is 15.1. The summed E-state index contributed by atoms with van der Waals surface area (Å²) in [5, 5.41) is 0. The number of nitrogens with zero attached hydrogens (tertiary/aromatic N) is 1. The van der Waals surface area contributed by atoms with E-state index >= 15 is 0 Å². The molecule has 3 rings (SSSR count). The smallest absolute Gasteiger partial charge is 0.246 e. The van der Waals surface area contributed by atoms with Crippen molar-refractivity contribution >= 4 is 12.0 Å². The summed E-state index contributed by atoms with van der Waals surface area (Å²) in [7, 11) is 3.20. The summed E-state index contributed by atoms with van der Waals surface area (Å²) in [4.78, 5) is 15.1. The molecule has 188 valence electrons. The van der Waals surface area contributed by atoms with Gasteiger partial charge in [0.25, 0.3) is 0 Å². The first kappa shape index (κ1) is 26.2. The molecule has 1 atom stereocenters. The number of ether oxygens (including phenoxy) is 5. The van der Waals surface area contributed by atoms with Crippen molar-refractivity contribution in [1.29, 1.82) is 0 Å². The molecular weight excluding hydrogens is 446 g/mol. The van der Waals surface area contributed by atoms with Crippen molar-refractivity contribution in [2.24, 2.45) is 0 Å². The molecule has 1 amide bonds. The summed E-state index contributed by atoms with van der Waals surface area (Å²) in [6.07, 6.45) is 7.05. The lowest BCUT2D eigenvalue weighted by atomic mass is 10.1.